The summed E-state index contributed by atoms with van der Waals surface area (Å²) in [6, 6.07) is 12.8. The Morgan fingerprint density at radius 1 is 1.03 bits per heavy atom. The molecule has 0 aliphatic carbocycles. The highest BCUT2D eigenvalue weighted by atomic mass is 16.5. The van der Waals surface area contributed by atoms with Gasteiger partial charge in [0, 0.05) is 18.4 Å². The number of aromatic hydroxyl groups is 1. The molecule has 1 N–H and O–H groups in total. The summed E-state index contributed by atoms with van der Waals surface area (Å²) in [5.41, 5.74) is 2.77. The maximum Gasteiger partial charge on any atom is 0.265 e. The van der Waals surface area contributed by atoms with Gasteiger partial charge in [0.1, 0.15) is 29.3 Å². The van der Waals surface area contributed by atoms with Crippen molar-refractivity contribution in [1.29, 1.82) is 0 Å². The van der Waals surface area contributed by atoms with Crippen LogP contribution in [0.2, 0.25) is 0 Å². The topological polar surface area (TPSA) is 99.6 Å². The molecule has 4 aromatic rings. The number of para-hydroxylation sites is 1. The average molecular weight is 476 g/mol. The van der Waals surface area contributed by atoms with Crippen LogP contribution in [0.3, 0.4) is 0 Å². The van der Waals surface area contributed by atoms with E-state index in [0.717, 1.165) is 29.7 Å². The van der Waals surface area contributed by atoms with Crippen molar-refractivity contribution < 1.29 is 19.0 Å². The van der Waals surface area contributed by atoms with Gasteiger partial charge in [0.05, 0.1) is 25.5 Å². The van der Waals surface area contributed by atoms with E-state index < -0.39 is 0 Å². The Balaban J connectivity index is 1.80. The summed E-state index contributed by atoms with van der Waals surface area (Å²) in [5, 5.41) is 10.8. The number of nitrogens with zero attached hydrogens (tertiary/aromatic N) is 3. The molecule has 35 heavy (non-hydrogen) atoms. The molecule has 0 spiro atoms. The Labute approximate surface area is 203 Å². The lowest BCUT2D eigenvalue weighted by molar-refractivity contribution is 0.387. The number of aryl methyl sites for hydroxylation is 2. The van der Waals surface area contributed by atoms with E-state index in [0.29, 0.717) is 35.3 Å². The second-order valence-electron chi connectivity index (χ2n) is 8.25. The Hall–Kier alpha value is -4.07. The van der Waals surface area contributed by atoms with Crippen LogP contribution in [-0.2, 0) is 12.8 Å². The summed E-state index contributed by atoms with van der Waals surface area (Å²) in [7, 11) is 3.08. The van der Waals surface area contributed by atoms with E-state index >= 15 is 0 Å². The Morgan fingerprint density at radius 3 is 2.29 bits per heavy atom. The molecule has 0 unspecified atom stereocenters. The summed E-state index contributed by atoms with van der Waals surface area (Å²) in [5.74, 6) is 1.68. The monoisotopic (exact) mass is 475 g/mol. The molecule has 0 fully saturated rings. The molecule has 0 saturated heterocycles. The normalized spacial score (nSPS) is 11.0. The summed E-state index contributed by atoms with van der Waals surface area (Å²) in [6.45, 7) is 3.92. The second-order valence-corrected chi connectivity index (χ2v) is 8.25. The fraction of sp³-hybridized carbons (Fsp3) is 0.296. The summed E-state index contributed by atoms with van der Waals surface area (Å²) < 4.78 is 18.1. The molecule has 8 heteroatoms. The van der Waals surface area contributed by atoms with Crippen LogP contribution in [0.4, 0.5) is 0 Å². The van der Waals surface area contributed by atoms with Crippen LogP contribution in [0.1, 0.15) is 42.4 Å². The minimum Gasteiger partial charge on any atom is -0.494 e. The Morgan fingerprint density at radius 2 is 1.71 bits per heavy atom. The third-order valence-electron chi connectivity index (χ3n) is 5.80. The highest BCUT2D eigenvalue weighted by molar-refractivity contribution is 5.58. The van der Waals surface area contributed by atoms with Crippen molar-refractivity contribution in [3.8, 4) is 34.5 Å². The fourth-order valence-electron chi connectivity index (χ4n) is 3.98. The quantitative estimate of drug-likeness (QED) is 0.369. The van der Waals surface area contributed by atoms with Gasteiger partial charge in [-0.1, -0.05) is 31.5 Å². The van der Waals surface area contributed by atoms with Gasteiger partial charge in [-0.05, 0) is 43.2 Å². The number of benzene rings is 2. The maximum absolute atomic E-state index is 13.8. The van der Waals surface area contributed by atoms with Gasteiger partial charge in [-0.3, -0.25) is 9.36 Å². The third kappa shape index (κ3) is 4.91. The van der Waals surface area contributed by atoms with Crippen molar-refractivity contribution in [3.63, 3.8) is 0 Å². The summed E-state index contributed by atoms with van der Waals surface area (Å²) >= 11 is 0. The summed E-state index contributed by atoms with van der Waals surface area (Å²) in [6.07, 6.45) is 4.04. The molecule has 0 saturated carbocycles. The fourth-order valence-corrected chi connectivity index (χ4v) is 3.98. The lowest BCUT2D eigenvalue weighted by atomic mass is 10.0. The molecular weight excluding hydrogens is 446 g/mol. The van der Waals surface area contributed by atoms with Crippen LogP contribution in [0.25, 0.3) is 17.1 Å². The van der Waals surface area contributed by atoms with Crippen molar-refractivity contribution in [2.75, 3.05) is 14.2 Å². The Kier molecular flexibility index (Phi) is 7.19. The molecule has 8 nitrogen and oxygen atoms in total. The van der Waals surface area contributed by atoms with E-state index in [1.807, 2.05) is 31.2 Å². The average Bonchev–Trinajstić information content (AvgIpc) is 3.31. The van der Waals surface area contributed by atoms with E-state index in [1.54, 1.807) is 38.7 Å². The first-order valence-electron chi connectivity index (χ1n) is 11.5. The molecule has 2 heterocycles. The van der Waals surface area contributed by atoms with E-state index in [-0.39, 0.29) is 23.4 Å². The van der Waals surface area contributed by atoms with Crippen LogP contribution < -0.4 is 15.0 Å². The number of oxazole rings is 1. The highest BCUT2D eigenvalue weighted by Gasteiger charge is 2.22. The van der Waals surface area contributed by atoms with Crippen molar-refractivity contribution in [2.45, 2.75) is 39.5 Å². The molecular formula is C27H29N3O5. The van der Waals surface area contributed by atoms with Crippen LogP contribution in [0.5, 0.6) is 17.4 Å². The highest BCUT2D eigenvalue weighted by Crippen LogP contribution is 2.33. The third-order valence-corrected chi connectivity index (χ3v) is 5.80. The lowest BCUT2D eigenvalue weighted by Crippen LogP contribution is -2.28. The first-order chi connectivity index (χ1) is 17.0. The first-order valence-corrected chi connectivity index (χ1v) is 11.5. The van der Waals surface area contributed by atoms with Gasteiger partial charge in [-0.15, -0.1) is 0 Å². The van der Waals surface area contributed by atoms with Gasteiger partial charge in [-0.2, -0.15) is 4.98 Å². The van der Waals surface area contributed by atoms with Gasteiger partial charge in [0.25, 0.3) is 5.56 Å². The lowest BCUT2D eigenvalue weighted by Gasteiger charge is -2.19. The molecule has 2 aromatic carbocycles. The van der Waals surface area contributed by atoms with Crippen molar-refractivity contribution >= 4 is 0 Å². The van der Waals surface area contributed by atoms with E-state index in [1.165, 1.54) is 4.57 Å². The molecule has 0 aliphatic heterocycles. The van der Waals surface area contributed by atoms with E-state index in [9.17, 15) is 9.90 Å². The van der Waals surface area contributed by atoms with Gasteiger partial charge < -0.3 is 19.0 Å². The molecule has 2 aromatic heterocycles. The molecule has 182 valence electrons. The largest absolute Gasteiger partial charge is 0.494 e. The zero-order valence-corrected chi connectivity index (χ0v) is 20.4. The molecule has 4 rings (SSSR count). The number of methoxy groups -OCH3 is 2. The summed E-state index contributed by atoms with van der Waals surface area (Å²) in [4.78, 5) is 22.6. The van der Waals surface area contributed by atoms with Gasteiger partial charge in [0.2, 0.25) is 11.8 Å². The van der Waals surface area contributed by atoms with Crippen molar-refractivity contribution in [1.82, 2.24) is 14.5 Å². The Bertz CT molecular complexity index is 1350. The van der Waals surface area contributed by atoms with Gasteiger partial charge in [-0.25, -0.2) is 4.98 Å². The number of aromatic nitrogens is 3. The molecule has 0 radical (unpaired) electrons. The predicted molar refractivity (Wildman–Crippen MR) is 133 cm³/mol. The van der Waals surface area contributed by atoms with E-state index in [4.69, 9.17) is 13.9 Å². The zero-order chi connectivity index (χ0) is 24.9. The standard InChI is InChI=1S/C27H29N3O5/c1-5-6-10-23-29-25(31)20(15-18-11-13-19(14-12-18)26-28-17(2)16-35-26)27(32)30(23)24-21(33-3)8-7-9-22(24)34-4/h7-9,11-14,16,31H,5-6,10,15H2,1-4H3. The molecule has 0 amide bonds. The predicted octanol–water partition coefficient (Wildman–Crippen LogP) is 4.85. The second kappa shape index (κ2) is 10.5. The SMILES string of the molecule is CCCCc1nc(O)c(Cc2ccc(-c3nc(C)co3)cc2)c(=O)n1-c1c(OC)cccc1OC. The molecule has 0 aliphatic rings. The van der Waals surface area contributed by atoms with Gasteiger partial charge in [0.15, 0.2) is 0 Å². The van der Waals surface area contributed by atoms with Crippen LogP contribution in [0.15, 0.2) is 57.9 Å². The minimum absolute atomic E-state index is 0.193. The molecule has 0 bridgehead atoms. The number of ether oxygens (including phenoxy) is 2. The number of unbranched alkanes of at least 4 members (excludes halogenated alkanes) is 1. The first kappa shape index (κ1) is 24.1. The zero-order valence-electron chi connectivity index (χ0n) is 20.4. The van der Waals surface area contributed by atoms with Gasteiger partial charge >= 0.3 is 0 Å². The van der Waals surface area contributed by atoms with E-state index in [2.05, 4.69) is 16.9 Å². The van der Waals surface area contributed by atoms with Crippen LogP contribution in [0, 0.1) is 6.92 Å². The van der Waals surface area contributed by atoms with Crippen LogP contribution in [-0.4, -0.2) is 33.9 Å². The van der Waals surface area contributed by atoms with Crippen molar-refractivity contribution in [2.24, 2.45) is 0 Å². The number of hydrogen-bond donors (Lipinski definition) is 1. The smallest absolute Gasteiger partial charge is 0.265 e. The number of rotatable bonds is 9. The number of hydrogen-bond acceptors (Lipinski definition) is 7. The van der Waals surface area contributed by atoms with Crippen LogP contribution >= 0.6 is 0 Å². The minimum atomic E-state index is -0.362. The molecule has 0 atom stereocenters. The van der Waals surface area contributed by atoms with Crippen molar-refractivity contribution in [3.05, 3.63) is 81.7 Å². The maximum atomic E-state index is 13.8.